The lowest BCUT2D eigenvalue weighted by molar-refractivity contribution is 0.160. The normalized spacial score (nSPS) is 16.6. The fourth-order valence-corrected chi connectivity index (χ4v) is 3.84. The van der Waals surface area contributed by atoms with E-state index in [0.29, 0.717) is 12.5 Å². The first kappa shape index (κ1) is 19.9. The Morgan fingerprint density at radius 2 is 1.93 bits per heavy atom. The van der Waals surface area contributed by atoms with Crippen LogP contribution in [0, 0.1) is 5.92 Å². The van der Waals surface area contributed by atoms with E-state index in [1.54, 1.807) is 10.7 Å². The first-order chi connectivity index (χ1) is 12.7. The summed E-state index contributed by atoms with van der Waals surface area (Å²) in [5.41, 5.74) is 0.907. The molecule has 0 unspecified atom stereocenters. The molecule has 7 nitrogen and oxygen atoms in total. The molecule has 1 saturated heterocycles. The van der Waals surface area contributed by atoms with Crippen molar-refractivity contribution in [3.05, 3.63) is 34.0 Å². The largest absolute Gasteiger partial charge is 0.353 e. The van der Waals surface area contributed by atoms with Gasteiger partial charge in [0.1, 0.15) is 0 Å². The molecule has 3 heterocycles. The lowest BCUT2D eigenvalue weighted by atomic mass is 9.92. The second-order valence-electron chi connectivity index (χ2n) is 8.60. The monoisotopic (exact) mass is 390 g/mol. The van der Waals surface area contributed by atoms with Crippen LogP contribution < -0.4 is 10.5 Å². The SMILES string of the molecule is CN(C)c1nc(CN2CCC(Cn3nc(C(C)(C)C)ccc3=O)CC2)ns1. The molecule has 2 aromatic rings. The van der Waals surface area contributed by atoms with E-state index in [9.17, 15) is 4.79 Å². The van der Waals surface area contributed by atoms with Crippen LogP contribution in [-0.4, -0.2) is 51.2 Å². The number of hydrogen-bond donors (Lipinski definition) is 0. The molecule has 27 heavy (non-hydrogen) atoms. The van der Waals surface area contributed by atoms with E-state index in [1.807, 2.05) is 25.1 Å². The summed E-state index contributed by atoms with van der Waals surface area (Å²) in [5.74, 6) is 1.39. The van der Waals surface area contributed by atoms with Crippen molar-refractivity contribution >= 4 is 16.7 Å². The zero-order valence-electron chi connectivity index (χ0n) is 17.0. The Kier molecular flexibility index (Phi) is 5.95. The number of rotatable bonds is 5. The van der Waals surface area contributed by atoms with Crippen molar-refractivity contribution < 1.29 is 0 Å². The zero-order chi connectivity index (χ0) is 19.6. The minimum Gasteiger partial charge on any atom is -0.353 e. The van der Waals surface area contributed by atoms with Crippen molar-refractivity contribution in [2.24, 2.45) is 5.92 Å². The maximum Gasteiger partial charge on any atom is 0.266 e. The van der Waals surface area contributed by atoms with E-state index in [4.69, 9.17) is 0 Å². The van der Waals surface area contributed by atoms with Crippen LogP contribution in [0.1, 0.15) is 45.1 Å². The van der Waals surface area contributed by atoms with Gasteiger partial charge in [-0.15, -0.1) is 0 Å². The lowest BCUT2D eigenvalue weighted by Gasteiger charge is -2.31. The quantitative estimate of drug-likeness (QED) is 0.781. The Morgan fingerprint density at radius 1 is 1.22 bits per heavy atom. The third-order valence-electron chi connectivity index (χ3n) is 4.98. The predicted octanol–water partition coefficient (Wildman–Crippen LogP) is 2.37. The molecule has 0 aromatic carbocycles. The summed E-state index contributed by atoms with van der Waals surface area (Å²) >= 11 is 1.45. The maximum atomic E-state index is 12.2. The van der Waals surface area contributed by atoms with Gasteiger partial charge in [0.25, 0.3) is 5.56 Å². The van der Waals surface area contributed by atoms with Crippen LogP contribution in [0.4, 0.5) is 5.13 Å². The van der Waals surface area contributed by atoms with Gasteiger partial charge in [-0.05, 0) is 37.9 Å². The minimum absolute atomic E-state index is 0.00619. The molecule has 0 saturated carbocycles. The van der Waals surface area contributed by atoms with Gasteiger partial charge in [0.2, 0.25) is 5.13 Å². The van der Waals surface area contributed by atoms with Crippen molar-refractivity contribution in [2.45, 2.75) is 52.1 Å². The summed E-state index contributed by atoms with van der Waals surface area (Å²) in [5, 5.41) is 5.56. The topological polar surface area (TPSA) is 67.2 Å². The molecule has 1 aliphatic rings. The Hall–Kier alpha value is -1.80. The standard InChI is InChI=1S/C19H30N6OS/c1-19(2,3)15-6-7-17(26)25(21-15)12-14-8-10-24(11-9-14)13-16-20-18(23(4)5)27-22-16/h6-7,14H,8-13H2,1-5H3. The average Bonchev–Trinajstić information content (AvgIpc) is 3.06. The minimum atomic E-state index is -0.0508. The van der Waals surface area contributed by atoms with Crippen LogP contribution in [0.25, 0.3) is 0 Å². The number of nitrogens with zero attached hydrogens (tertiary/aromatic N) is 6. The summed E-state index contributed by atoms with van der Waals surface area (Å²) in [7, 11) is 3.97. The summed E-state index contributed by atoms with van der Waals surface area (Å²) < 4.78 is 6.11. The number of piperidine rings is 1. The van der Waals surface area contributed by atoms with Gasteiger partial charge in [-0.3, -0.25) is 9.69 Å². The molecule has 3 rings (SSSR count). The van der Waals surface area contributed by atoms with Crippen LogP contribution in [0.15, 0.2) is 16.9 Å². The van der Waals surface area contributed by atoms with E-state index in [1.165, 1.54) is 11.5 Å². The number of likely N-dealkylation sites (tertiary alicyclic amines) is 1. The highest BCUT2D eigenvalue weighted by Gasteiger charge is 2.23. The van der Waals surface area contributed by atoms with E-state index < -0.39 is 0 Å². The highest BCUT2D eigenvalue weighted by Crippen LogP contribution is 2.22. The van der Waals surface area contributed by atoms with Gasteiger partial charge in [0.05, 0.1) is 12.2 Å². The van der Waals surface area contributed by atoms with Crippen molar-refractivity contribution in [3.63, 3.8) is 0 Å². The van der Waals surface area contributed by atoms with Crippen molar-refractivity contribution in [3.8, 4) is 0 Å². The second kappa shape index (κ2) is 8.06. The summed E-state index contributed by atoms with van der Waals surface area (Å²) in [6, 6.07) is 3.50. The van der Waals surface area contributed by atoms with Gasteiger partial charge in [-0.1, -0.05) is 20.8 Å². The average molecular weight is 391 g/mol. The van der Waals surface area contributed by atoms with E-state index >= 15 is 0 Å². The van der Waals surface area contributed by atoms with Gasteiger partial charge < -0.3 is 4.90 Å². The maximum absolute atomic E-state index is 12.2. The predicted molar refractivity (Wildman–Crippen MR) is 109 cm³/mol. The van der Waals surface area contributed by atoms with Crippen LogP contribution in [0.2, 0.25) is 0 Å². The van der Waals surface area contributed by atoms with Crippen LogP contribution in [0.5, 0.6) is 0 Å². The van der Waals surface area contributed by atoms with Gasteiger partial charge in [-0.25, -0.2) is 9.67 Å². The van der Waals surface area contributed by atoms with Gasteiger partial charge in [0, 0.05) is 43.7 Å². The Balaban J connectivity index is 1.56. The molecule has 0 N–H and O–H groups in total. The second-order valence-corrected chi connectivity index (χ2v) is 9.33. The molecule has 0 atom stereocenters. The fraction of sp³-hybridized carbons (Fsp3) is 0.684. The molecule has 2 aromatic heterocycles. The Bertz CT molecular complexity index is 814. The fourth-order valence-electron chi connectivity index (χ4n) is 3.24. The Labute approximate surface area is 165 Å². The van der Waals surface area contributed by atoms with Crippen molar-refractivity contribution in [2.75, 3.05) is 32.1 Å². The molecule has 0 spiro atoms. The van der Waals surface area contributed by atoms with Crippen molar-refractivity contribution in [1.29, 1.82) is 0 Å². The molecule has 0 aliphatic carbocycles. The highest BCUT2D eigenvalue weighted by molar-refractivity contribution is 7.09. The summed E-state index contributed by atoms with van der Waals surface area (Å²) in [4.78, 5) is 21.2. The molecular weight excluding hydrogens is 360 g/mol. The van der Waals surface area contributed by atoms with Crippen LogP contribution in [-0.2, 0) is 18.5 Å². The number of aromatic nitrogens is 4. The van der Waals surface area contributed by atoms with Gasteiger partial charge in [-0.2, -0.15) is 9.47 Å². The Morgan fingerprint density at radius 3 is 2.52 bits per heavy atom. The van der Waals surface area contributed by atoms with E-state index in [-0.39, 0.29) is 11.0 Å². The molecule has 0 amide bonds. The molecule has 1 fully saturated rings. The van der Waals surface area contributed by atoms with E-state index in [2.05, 4.69) is 40.1 Å². The molecular formula is C19H30N6OS. The molecule has 8 heteroatoms. The molecule has 0 bridgehead atoms. The third kappa shape index (κ3) is 5.13. The first-order valence-electron chi connectivity index (χ1n) is 9.53. The molecule has 1 aliphatic heterocycles. The summed E-state index contributed by atoms with van der Waals surface area (Å²) in [6.07, 6.45) is 2.14. The zero-order valence-corrected chi connectivity index (χ0v) is 17.8. The first-order valence-corrected chi connectivity index (χ1v) is 10.3. The van der Waals surface area contributed by atoms with Gasteiger partial charge >= 0.3 is 0 Å². The number of anilines is 1. The van der Waals surface area contributed by atoms with Crippen LogP contribution in [0.3, 0.4) is 0 Å². The number of hydrogen-bond acceptors (Lipinski definition) is 7. The molecule has 148 valence electrons. The van der Waals surface area contributed by atoms with E-state index in [0.717, 1.165) is 49.1 Å². The smallest absolute Gasteiger partial charge is 0.266 e. The third-order valence-corrected chi connectivity index (χ3v) is 5.90. The lowest BCUT2D eigenvalue weighted by Crippen LogP contribution is -2.37. The highest BCUT2D eigenvalue weighted by atomic mass is 32.1. The van der Waals surface area contributed by atoms with Gasteiger partial charge in [0.15, 0.2) is 5.82 Å². The summed E-state index contributed by atoms with van der Waals surface area (Å²) in [6.45, 7) is 9.89. The molecule has 0 radical (unpaired) electrons. The van der Waals surface area contributed by atoms with Crippen molar-refractivity contribution in [1.82, 2.24) is 24.0 Å². The van der Waals surface area contributed by atoms with Crippen LogP contribution >= 0.6 is 11.5 Å².